The lowest BCUT2D eigenvalue weighted by molar-refractivity contribution is -0.881. The maximum Gasteiger partial charge on any atom is 0.129 e. The summed E-state index contributed by atoms with van der Waals surface area (Å²) >= 11 is 2.48. The summed E-state index contributed by atoms with van der Waals surface area (Å²) < 4.78 is 2.60. The van der Waals surface area contributed by atoms with E-state index in [1.165, 1.54) is 35.0 Å². The van der Waals surface area contributed by atoms with Crippen molar-refractivity contribution >= 4 is 22.6 Å². The first-order valence-corrected chi connectivity index (χ1v) is 4.69. The van der Waals surface area contributed by atoms with Crippen LogP contribution in [0.4, 0.5) is 0 Å². The predicted molar refractivity (Wildman–Crippen MR) is 44.0 cm³/mol. The van der Waals surface area contributed by atoms with Gasteiger partial charge in [-0.2, -0.15) is 0 Å². The third kappa shape index (κ3) is 2.88. The van der Waals surface area contributed by atoms with Gasteiger partial charge < -0.3 is 28.5 Å². The van der Waals surface area contributed by atoms with Crippen molar-refractivity contribution in [1.29, 1.82) is 0 Å². The maximum absolute atomic E-state index is 2.48. The van der Waals surface area contributed by atoms with Crippen molar-refractivity contribution in [2.45, 2.75) is 12.8 Å². The van der Waals surface area contributed by atoms with E-state index < -0.39 is 0 Å². The molecular formula is C6H13I2N. The number of halogens is 2. The largest absolute Gasteiger partial charge is 1.00 e. The quantitative estimate of drug-likeness (QED) is 0.236. The molecule has 1 aliphatic heterocycles. The van der Waals surface area contributed by atoms with Gasteiger partial charge in [0.05, 0.1) is 20.1 Å². The van der Waals surface area contributed by atoms with Crippen LogP contribution in [0.5, 0.6) is 0 Å². The third-order valence-corrected chi connectivity index (χ3v) is 3.58. The second-order valence-electron chi connectivity index (χ2n) is 2.89. The van der Waals surface area contributed by atoms with Crippen LogP contribution < -0.4 is 24.0 Å². The fourth-order valence-corrected chi connectivity index (χ4v) is 1.90. The number of nitrogens with zero attached hydrogens (tertiary/aromatic N) is 1. The van der Waals surface area contributed by atoms with Gasteiger partial charge in [-0.15, -0.1) is 0 Å². The molecule has 0 aromatic carbocycles. The van der Waals surface area contributed by atoms with Crippen molar-refractivity contribution in [2.24, 2.45) is 0 Å². The molecule has 1 rings (SSSR count). The Morgan fingerprint density at radius 1 is 1.33 bits per heavy atom. The van der Waals surface area contributed by atoms with E-state index in [4.69, 9.17) is 0 Å². The van der Waals surface area contributed by atoms with Gasteiger partial charge in [-0.05, 0) is 22.6 Å². The summed E-state index contributed by atoms with van der Waals surface area (Å²) in [4.78, 5) is 0. The fraction of sp³-hybridized carbons (Fsp3) is 1.00. The monoisotopic (exact) mass is 353 g/mol. The lowest BCUT2D eigenvalue weighted by Gasteiger charge is -2.25. The van der Waals surface area contributed by atoms with Crippen LogP contribution in [0.2, 0.25) is 0 Å². The summed E-state index contributed by atoms with van der Waals surface area (Å²) in [6.45, 7) is 2.81. The normalized spacial score (nSPS) is 23.3. The average Bonchev–Trinajstić information content (AvgIpc) is 2.17. The molecule has 0 unspecified atom stereocenters. The van der Waals surface area contributed by atoms with E-state index in [1.807, 2.05) is 0 Å². The second-order valence-corrected chi connectivity index (χ2v) is 3.58. The molecule has 0 radical (unpaired) electrons. The van der Waals surface area contributed by atoms with E-state index in [-0.39, 0.29) is 24.0 Å². The SMILES string of the molecule is C[N+]1(CI)CCCC1.[I-]. The Labute approximate surface area is 87.9 Å². The second kappa shape index (κ2) is 4.33. The fourth-order valence-electron chi connectivity index (χ4n) is 1.22. The Hall–Kier alpha value is 1.42. The molecule has 0 spiro atoms. The Morgan fingerprint density at radius 2 is 1.78 bits per heavy atom. The Balaban J connectivity index is 0.000000640. The highest BCUT2D eigenvalue weighted by Gasteiger charge is 2.24. The van der Waals surface area contributed by atoms with Crippen LogP contribution in [0.15, 0.2) is 0 Å². The van der Waals surface area contributed by atoms with Crippen molar-refractivity contribution in [3.05, 3.63) is 0 Å². The number of hydrogen-bond donors (Lipinski definition) is 0. The topological polar surface area (TPSA) is 0 Å². The van der Waals surface area contributed by atoms with Crippen LogP contribution in [0.3, 0.4) is 0 Å². The van der Waals surface area contributed by atoms with Gasteiger partial charge in [0.2, 0.25) is 0 Å². The minimum Gasteiger partial charge on any atom is -1.00 e. The van der Waals surface area contributed by atoms with Crippen molar-refractivity contribution < 1.29 is 28.5 Å². The van der Waals surface area contributed by atoms with E-state index in [1.54, 1.807) is 0 Å². The highest BCUT2D eigenvalue weighted by molar-refractivity contribution is 14.1. The minimum atomic E-state index is 0. The van der Waals surface area contributed by atoms with Gasteiger partial charge in [0.15, 0.2) is 0 Å². The molecule has 0 bridgehead atoms. The summed E-state index contributed by atoms with van der Waals surface area (Å²) in [5, 5.41) is 0. The van der Waals surface area contributed by atoms with Crippen LogP contribution in [-0.4, -0.2) is 29.2 Å². The standard InChI is InChI=1S/C6H13IN.HI/c1-8(6-7)4-2-3-5-8;/h2-6H2,1H3;1H/q+1;/p-1. The number of quaternary nitrogens is 1. The van der Waals surface area contributed by atoms with Crippen molar-refractivity contribution in [3.63, 3.8) is 0 Å². The smallest absolute Gasteiger partial charge is 0.129 e. The summed E-state index contributed by atoms with van der Waals surface area (Å²) in [7, 11) is 2.35. The average molecular weight is 353 g/mol. The first-order chi connectivity index (χ1) is 3.77. The molecule has 0 atom stereocenters. The molecule has 1 fully saturated rings. The summed E-state index contributed by atoms with van der Waals surface area (Å²) in [6.07, 6.45) is 2.89. The lowest BCUT2D eigenvalue weighted by Crippen LogP contribution is -3.00. The van der Waals surface area contributed by atoms with Crippen LogP contribution in [0.25, 0.3) is 0 Å². The molecule has 56 valence electrons. The molecule has 0 amide bonds. The minimum absolute atomic E-state index is 0. The van der Waals surface area contributed by atoms with Crippen molar-refractivity contribution in [1.82, 2.24) is 0 Å². The first kappa shape index (κ1) is 10.4. The highest BCUT2D eigenvalue weighted by Crippen LogP contribution is 2.17. The molecule has 0 N–H and O–H groups in total. The predicted octanol–water partition coefficient (Wildman–Crippen LogP) is -1.38. The van der Waals surface area contributed by atoms with Crippen LogP contribution in [0.1, 0.15) is 12.8 Å². The van der Waals surface area contributed by atoms with Crippen LogP contribution in [0, 0.1) is 0 Å². The summed E-state index contributed by atoms with van der Waals surface area (Å²) in [6, 6.07) is 0. The zero-order valence-electron chi connectivity index (χ0n) is 5.74. The third-order valence-electron chi connectivity index (χ3n) is 1.93. The van der Waals surface area contributed by atoms with Gasteiger partial charge in [0.1, 0.15) is 4.55 Å². The summed E-state index contributed by atoms with van der Waals surface area (Å²) in [5.74, 6) is 0. The molecule has 9 heavy (non-hydrogen) atoms. The maximum atomic E-state index is 2.48. The van der Waals surface area contributed by atoms with Crippen LogP contribution >= 0.6 is 22.6 Å². The zero-order valence-corrected chi connectivity index (χ0v) is 10.1. The van der Waals surface area contributed by atoms with E-state index in [0.29, 0.717) is 0 Å². The lowest BCUT2D eigenvalue weighted by atomic mass is 10.4. The molecule has 3 heteroatoms. The number of alkyl halides is 1. The molecule has 0 aliphatic carbocycles. The molecular weight excluding hydrogens is 340 g/mol. The Kier molecular flexibility index (Phi) is 5.01. The van der Waals surface area contributed by atoms with Crippen molar-refractivity contribution in [3.8, 4) is 0 Å². The highest BCUT2D eigenvalue weighted by atomic mass is 127. The van der Waals surface area contributed by atoms with Gasteiger partial charge in [0.25, 0.3) is 0 Å². The number of rotatable bonds is 1. The number of likely N-dealkylation sites (tertiary alicyclic amines) is 1. The van der Waals surface area contributed by atoms with E-state index in [2.05, 4.69) is 29.6 Å². The van der Waals surface area contributed by atoms with E-state index >= 15 is 0 Å². The molecule has 0 aromatic rings. The van der Waals surface area contributed by atoms with Gasteiger partial charge in [-0.25, -0.2) is 0 Å². The first-order valence-electron chi connectivity index (χ1n) is 3.16. The van der Waals surface area contributed by atoms with Gasteiger partial charge in [-0.1, -0.05) is 0 Å². The van der Waals surface area contributed by atoms with Gasteiger partial charge in [0, 0.05) is 12.8 Å². The van der Waals surface area contributed by atoms with Gasteiger partial charge in [-0.3, -0.25) is 0 Å². The molecule has 0 saturated carbocycles. The zero-order chi connectivity index (χ0) is 6.04. The van der Waals surface area contributed by atoms with Crippen LogP contribution in [-0.2, 0) is 0 Å². The Morgan fingerprint density at radius 3 is 2.00 bits per heavy atom. The molecule has 1 heterocycles. The molecule has 1 nitrogen and oxygen atoms in total. The van der Waals surface area contributed by atoms with Gasteiger partial charge >= 0.3 is 0 Å². The Bertz CT molecular complexity index is 79.1. The van der Waals surface area contributed by atoms with E-state index in [9.17, 15) is 0 Å². The molecule has 1 saturated heterocycles. The number of hydrogen-bond acceptors (Lipinski definition) is 0. The molecule has 1 aliphatic rings. The molecule has 0 aromatic heterocycles. The van der Waals surface area contributed by atoms with Crippen molar-refractivity contribution in [2.75, 3.05) is 24.7 Å². The summed E-state index contributed by atoms with van der Waals surface area (Å²) in [5.41, 5.74) is 0. The van der Waals surface area contributed by atoms with E-state index in [0.717, 1.165) is 0 Å².